The van der Waals surface area contributed by atoms with Gasteiger partial charge in [0.15, 0.2) is 5.43 Å². The van der Waals surface area contributed by atoms with E-state index in [0.29, 0.717) is 11.0 Å². The molecule has 0 N–H and O–H groups in total. The zero-order chi connectivity index (χ0) is 14.7. The predicted molar refractivity (Wildman–Crippen MR) is 77.9 cm³/mol. The van der Waals surface area contributed by atoms with Gasteiger partial charge in [-0.1, -0.05) is 24.3 Å². The Bertz CT molecular complexity index is 738. The van der Waals surface area contributed by atoms with E-state index < -0.39 is 5.97 Å². The van der Waals surface area contributed by atoms with Crippen LogP contribution in [0.3, 0.4) is 0 Å². The molecule has 0 unspecified atom stereocenters. The summed E-state index contributed by atoms with van der Waals surface area (Å²) < 4.78 is 10.6. The van der Waals surface area contributed by atoms with Gasteiger partial charge < -0.3 is 9.15 Å². The van der Waals surface area contributed by atoms with E-state index in [4.69, 9.17) is 9.15 Å². The average molecular weight is 272 g/mol. The van der Waals surface area contributed by atoms with Crippen LogP contribution in [0, 0.1) is 6.92 Å². The minimum absolute atomic E-state index is 0.0266. The normalized spacial score (nSPS) is 11.2. The van der Waals surface area contributed by atoms with Crippen molar-refractivity contribution in [3.63, 3.8) is 0 Å². The molecule has 0 atom stereocenters. The lowest BCUT2D eigenvalue weighted by Crippen LogP contribution is -2.15. The molecule has 0 saturated heterocycles. The van der Waals surface area contributed by atoms with Crippen molar-refractivity contribution in [2.45, 2.75) is 20.8 Å². The summed E-state index contributed by atoms with van der Waals surface area (Å²) in [5, 5.41) is 0.464. The number of para-hydroxylation sites is 1. The first-order valence-electron chi connectivity index (χ1n) is 6.46. The Kier molecular flexibility index (Phi) is 4.03. The lowest BCUT2D eigenvalue weighted by molar-refractivity contribution is 0.0489. The molecule has 2 rings (SSSR count). The summed E-state index contributed by atoms with van der Waals surface area (Å²) in [5.74, 6) is -0.638. The quantitative estimate of drug-likeness (QED) is 0.804. The number of carbonyl (C=O) groups excluding carboxylic acids is 1. The first kappa shape index (κ1) is 14.1. The van der Waals surface area contributed by atoms with Crippen LogP contribution in [-0.4, -0.2) is 12.6 Å². The van der Waals surface area contributed by atoms with E-state index in [1.807, 2.05) is 25.1 Å². The van der Waals surface area contributed by atoms with E-state index in [1.165, 1.54) is 0 Å². The minimum atomic E-state index is -0.612. The average Bonchev–Trinajstić information content (AvgIpc) is 2.44. The molecule has 0 aliphatic rings. The molecule has 1 heterocycles. The van der Waals surface area contributed by atoms with Crippen LogP contribution in [-0.2, 0) is 4.74 Å². The number of allylic oxidation sites excluding steroid dienone is 1. The maximum atomic E-state index is 12.3. The fourth-order valence-electron chi connectivity index (χ4n) is 2.03. The molecule has 1 aromatic heterocycles. The molecule has 0 fully saturated rings. The van der Waals surface area contributed by atoms with E-state index in [1.54, 1.807) is 26.0 Å². The van der Waals surface area contributed by atoms with Gasteiger partial charge >= 0.3 is 5.97 Å². The Balaban J connectivity index is 2.79. The Morgan fingerprint density at radius 2 is 2.15 bits per heavy atom. The van der Waals surface area contributed by atoms with E-state index in [2.05, 4.69) is 0 Å². The Hall–Kier alpha value is -2.36. The molecule has 0 saturated carbocycles. The first-order chi connectivity index (χ1) is 9.60. The van der Waals surface area contributed by atoms with Crippen molar-refractivity contribution in [1.82, 2.24) is 0 Å². The molecule has 20 heavy (non-hydrogen) atoms. The highest BCUT2D eigenvalue weighted by atomic mass is 16.5. The Labute approximate surface area is 116 Å². The summed E-state index contributed by atoms with van der Waals surface area (Å²) in [4.78, 5) is 24.2. The number of fused-ring (bicyclic) bond motifs is 1. The lowest BCUT2D eigenvalue weighted by atomic mass is 10.1. The molecule has 0 bridgehead atoms. The second-order valence-electron chi connectivity index (χ2n) is 4.33. The second-order valence-corrected chi connectivity index (χ2v) is 4.33. The summed E-state index contributed by atoms with van der Waals surface area (Å²) in [5.41, 5.74) is 1.23. The number of esters is 1. The van der Waals surface area contributed by atoms with Crippen LogP contribution in [0.2, 0.25) is 0 Å². The van der Waals surface area contributed by atoms with E-state index >= 15 is 0 Å². The SMILES string of the molecule is CC=Cc1cccc2c(=O)c(C)c(C(=O)OCC)oc12. The Morgan fingerprint density at radius 1 is 1.40 bits per heavy atom. The van der Waals surface area contributed by atoms with Crippen LogP contribution in [0.15, 0.2) is 33.5 Å². The number of benzene rings is 1. The summed E-state index contributed by atoms with van der Waals surface area (Å²) in [7, 11) is 0. The maximum absolute atomic E-state index is 12.3. The van der Waals surface area contributed by atoms with E-state index in [0.717, 1.165) is 5.56 Å². The fraction of sp³-hybridized carbons (Fsp3) is 0.250. The van der Waals surface area contributed by atoms with Crippen molar-refractivity contribution in [2.75, 3.05) is 6.61 Å². The molecular weight excluding hydrogens is 256 g/mol. The van der Waals surface area contributed by atoms with Crippen LogP contribution in [0.25, 0.3) is 17.0 Å². The van der Waals surface area contributed by atoms with Gasteiger partial charge in [-0.3, -0.25) is 4.79 Å². The monoisotopic (exact) mass is 272 g/mol. The topological polar surface area (TPSA) is 56.5 Å². The second kappa shape index (κ2) is 5.74. The fourth-order valence-corrected chi connectivity index (χ4v) is 2.03. The number of rotatable bonds is 3. The molecule has 2 aromatic rings. The molecule has 0 aliphatic heterocycles. The highest BCUT2D eigenvalue weighted by Gasteiger charge is 2.19. The van der Waals surface area contributed by atoms with Gasteiger partial charge in [-0.15, -0.1) is 0 Å². The zero-order valence-corrected chi connectivity index (χ0v) is 11.7. The Morgan fingerprint density at radius 3 is 2.80 bits per heavy atom. The van der Waals surface area contributed by atoms with Crippen molar-refractivity contribution < 1.29 is 13.9 Å². The van der Waals surface area contributed by atoms with Gasteiger partial charge in [-0.05, 0) is 26.8 Å². The number of hydrogen-bond acceptors (Lipinski definition) is 4. The van der Waals surface area contributed by atoms with Crippen LogP contribution >= 0.6 is 0 Å². The highest BCUT2D eigenvalue weighted by molar-refractivity contribution is 5.92. The standard InChI is InChI=1S/C16H16O4/c1-4-7-11-8-6-9-12-13(17)10(3)14(20-15(11)12)16(18)19-5-2/h4,6-9H,5H2,1-3H3. The van der Waals surface area contributed by atoms with Gasteiger partial charge in [-0.25, -0.2) is 4.79 Å². The predicted octanol–water partition coefficient (Wildman–Crippen LogP) is 3.31. The number of hydrogen-bond donors (Lipinski definition) is 0. The van der Waals surface area contributed by atoms with Gasteiger partial charge in [0.25, 0.3) is 0 Å². The molecule has 104 valence electrons. The van der Waals surface area contributed by atoms with Gasteiger partial charge in [-0.2, -0.15) is 0 Å². The summed E-state index contributed by atoms with van der Waals surface area (Å²) >= 11 is 0. The maximum Gasteiger partial charge on any atom is 0.374 e. The molecule has 0 spiro atoms. The zero-order valence-electron chi connectivity index (χ0n) is 11.7. The largest absolute Gasteiger partial charge is 0.460 e. The molecule has 1 aromatic carbocycles. The van der Waals surface area contributed by atoms with Crippen molar-refractivity contribution in [2.24, 2.45) is 0 Å². The minimum Gasteiger partial charge on any atom is -0.460 e. The molecular formula is C16H16O4. The number of carbonyl (C=O) groups is 1. The molecule has 4 heteroatoms. The van der Waals surface area contributed by atoms with Gasteiger partial charge in [0.1, 0.15) is 5.58 Å². The van der Waals surface area contributed by atoms with Crippen molar-refractivity contribution >= 4 is 23.0 Å². The van der Waals surface area contributed by atoms with Crippen molar-refractivity contribution in [3.8, 4) is 0 Å². The van der Waals surface area contributed by atoms with Crippen LogP contribution in [0.5, 0.6) is 0 Å². The lowest BCUT2D eigenvalue weighted by Gasteiger charge is -2.07. The highest BCUT2D eigenvalue weighted by Crippen LogP contribution is 2.21. The number of ether oxygens (including phenoxy) is 1. The third kappa shape index (κ3) is 2.37. The van der Waals surface area contributed by atoms with Gasteiger partial charge in [0.2, 0.25) is 5.76 Å². The molecule has 0 amide bonds. The van der Waals surface area contributed by atoms with Crippen LogP contribution in [0.4, 0.5) is 0 Å². The summed E-state index contributed by atoms with van der Waals surface area (Å²) in [6, 6.07) is 5.31. The first-order valence-corrected chi connectivity index (χ1v) is 6.46. The van der Waals surface area contributed by atoms with Gasteiger partial charge in [0, 0.05) is 11.1 Å². The summed E-state index contributed by atoms with van der Waals surface area (Å²) in [6.45, 7) is 5.38. The summed E-state index contributed by atoms with van der Waals surface area (Å²) in [6.07, 6.45) is 3.67. The van der Waals surface area contributed by atoms with Gasteiger partial charge in [0.05, 0.1) is 12.0 Å². The van der Waals surface area contributed by atoms with E-state index in [-0.39, 0.29) is 23.4 Å². The van der Waals surface area contributed by atoms with Crippen molar-refractivity contribution in [1.29, 1.82) is 0 Å². The molecule has 4 nitrogen and oxygen atoms in total. The van der Waals surface area contributed by atoms with Crippen LogP contribution in [0.1, 0.15) is 35.5 Å². The molecule has 0 aliphatic carbocycles. The third-order valence-corrected chi connectivity index (χ3v) is 2.98. The smallest absolute Gasteiger partial charge is 0.374 e. The third-order valence-electron chi connectivity index (χ3n) is 2.98. The van der Waals surface area contributed by atoms with Crippen LogP contribution < -0.4 is 5.43 Å². The van der Waals surface area contributed by atoms with Crippen molar-refractivity contribution in [3.05, 3.63) is 51.4 Å². The molecule has 0 radical (unpaired) electrons. The van der Waals surface area contributed by atoms with E-state index in [9.17, 15) is 9.59 Å².